The molecular weight excluding hydrogens is 269 g/mol. The predicted molar refractivity (Wildman–Crippen MR) is 73.0 cm³/mol. The van der Waals surface area contributed by atoms with Crippen molar-refractivity contribution in [2.24, 2.45) is 0 Å². The van der Waals surface area contributed by atoms with E-state index in [1.165, 1.54) is 12.1 Å². The fraction of sp³-hybridized carbons (Fsp3) is 0.385. The number of aromatic nitrogens is 2. The van der Waals surface area contributed by atoms with E-state index in [1.807, 2.05) is 20.0 Å². The van der Waals surface area contributed by atoms with Crippen molar-refractivity contribution >= 4 is 12.4 Å². The van der Waals surface area contributed by atoms with Gasteiger partial charge in [-0.3, -0.25) is 0 Å². The topological polar surface area (TPSA) is 51.0 Å². The first-order valence-corrected chi connectivity index (χ1v) is 5.90. The van der Waals surface area contributed by atoms with Gasteiger partial charge in [-0.1, -0.05) is 17.3 Å². The van der Waals surface area contributed by atoms with Crippen LogP contribution in [0, 0.1) is 5.82 Å². The Morgan fingerprint density at radius 2 is 2.21 bits per heavy atom. The standard InChI is InChI=1S/C13H16FN3O.ClH/c1-9(15-2)6-12-16-13(18-17-12)8-10-4-3-5-11(14)7-10;/h3-5,7,9,15H,6,8H2,1-2H3;1H. The van der Waals surface area contributed by atoms with E-state index in [0.29, 0.717) is 30.6 Å². The Kier molecular flexibility index (Phi) is 5.92. The first-order chi connectivity index (χ1) is 8.67. The molecule has 0 aliphatic heterocycles. The lowest BCUT2D eigenvalue weighted by Gasteiger charge is -2.04. The molecule has 0 bridgehead atoms. The fourth-order valence-electron chi connectivity index (χ4n) is 1.64. The molecule has 1 heterocycles. The molecule has 1 aromatic carbocycles. The van der Waals surface area contributed by atoms with Gasteiger partial charge >= 0.3 is 0 Å². The van der Waals surface area contributed by atoms with Crippen molar-refractivity contribution in [2.45, 2.75) is 25.8 Å². The Balaban J connectivity index is 0.00000180. The van der Waals surface area contributed by atoms with Crippen LogP contribution in [0.1, 0.15) is 24.2 Å². The number of rotatable bonds is 5. The quantitative estimate of drug-likeness (QED) is 0.916. The fourth-order valence-corrected chi connectivity index (χ4v) is 1.64. The highest BCUT2D eigenvalue weighted by atomic mass is 35.5. The second-order valence-corrected chi connectivity index (χ2v) is 4.30. The van der Waals surface area contributed by atoms with Crippen LogP contribution in [0.25, 0.3) is 0 Å². The summed E-state index contributed by atoms with van der Waals surface area (Å²) in [6.45, 7) is 2.04. The van der Waals surface area contributed by atoms with Gasteiger partial charge in [-0.2, -0.15) is 4.98 Å². The minimum Gasteiger partial charge on any atom is -0.339 e. The molecule has 1 unspecified atom stereocenters. The van der Waals surface area contributed by atoms with E-state index >= 15 is 0 Å². The third kappa shape index (κ3) is 4.61. The van der Waals surface area contributed by atoms with Gasteiger partial charge in [0.15, 0.2) is 5.82 Å². The molecule has 1 aromatic heterocycles. The molecule has 0 aliphatic carbocycles. The smallest absolute Gasteiger partial charge is 0.231 e. The molecule has 4 nitrogen and oxygen atoms in total. The van der Waals surface area contributed by atoms with Gasteiger partial charge in [0.25, 0.3) is 0 Å². The third-order valence-corrected chi connectivity index (χ3v) is 2.74. The molecule has 1 atom stereocenters. The maximum atomic E-state index is 13.0. The maximum Gasteiger partial charge on any atom is 0.231 e. The molecule has 0 spiro atoms. The molecule has 1 N–H and O–H groups in total. The molecule has 0 fully saturated rings. The van der Waals surface area contributed by atoms with E-state index in [0.717, 1.165) is 5.56 Å². The van der Waals surface area contributed by atoms with Gasteiger partial charge in [-0.05, 0) is 31.7 Å². The minimum atomic E-state index is -0.254. The SMILES string of the molecule is CNC(C)Cc1noc(Cc2cccc(F)c2)n1.Cl. The van der Waals surface area contributed by atoms with Gasteiger partial charge in [0.2, 0.25) is 5.89 Å². The number of benzene rings is 1. The average molecular weight is 286 g/mol. The van der Waals surface area contributed by atoms with Crippen molar-refractivity contribution < 1.29 is 8.91 Å². The Bertz CT molecular complexity index is 518. The van der Waals surface area contributed by atoms with E-state index in [4.69, 9.17) is 4.52 Å². The van der Waals surface area contributed by atoms with Gasteiger partial charge in [0.05, 0.1) is 6.42 Å². The van der Waals surface area contributed by atoms with E-state index < -0.39 is 0 Å². The molecule has 2 aromatic rings. The van der Waals surface area contributed by atoms with Gasteiger partial charge < -0.3 is 9.84 Å². The summed E-state index contributed by atoms with van der Waals surface area (Å²) in [5, 5.41) is 7.01. The van der Waals surface area contributed by atoms with Crippen LogP contribution in [-0.2, 0) is 12.8 Å². The molecule has 0 amide bonds. The Labute approximate surface area is 117 Å². The minimum absolute atomic E-state index is 0. The van der Waals surface area contributed by atoms with Crippen LogP contribution in [0.3, 0.4) is 0 Å². The Hall–Kier alpha value is -1.46. The number of nitrogens with zero attached hydrogens (tertiary/aromatic N) is 2. The van der Waals surface area contributed by atoms with Crippen LogP contribution in [0.5, 0.6) is 0 Å². The van der Waals surface area contributed by atoms with Gasteiger partial charge in [0, 0.05) is 12.5 Å². The molecule has 6 heteroatoms. The van der Waals surface area contributed by atoms with Crippen molar-refractivity contribution in [2.75, 3.05) is 7.05 Å². The van der Waals surface area contributed by atoms with Crippen LogP contribution in [-0.4, -0.2) is 23.2 Å². The van der Waals surface area contributed by atoms with Crippen LogP contribution >= 0.6 is 12.4 Å². The first kappa shape index (κ1) is 15.6. The van der Waals surface area contributed by atoms with Crippen molar-refractivity contribution in [3.05, 3.63) is 47.4 Å². The number of likely N-dealkylation sites (N-methyl/N-ethyl adjacent to an activating group) is 1. The summed E-state index contributed by atoms with van der Waals surface area (Å²) < 4.78 is 18.2. The first-order valence-electron chi connectivity index (χ1n) is 5.90. The lowest BCUT2D eigenvalue weighted by Crippen LogP contribution is -2.24. The molecule has 0 saturated heterocycles. The van der Waals surface area contributed by atoms with Crippen LogP contribution < -0.4 is 5.32 Å². The van der Waals surface area contributed by atoms with Crippen molar-refractivity contribution in [3.63, 3.8) is 0 Å². The molecular formula is C13H17ClFN3O. The van der Waals surface area contributed by atoms with Gasteiger partial charge in [-0.15, -0.1) is 12.4 Å². The number of hydrogen-bond donors (Lipinski definition) is 1. The monoisotopic (exact) mass is 285 g/mol. The normalized spacial score (nSPS) is 11.9. The Morgan fingerprint density at radius 3 is 2.89 bits per heavy atom. The van der Waals surface area contributed by atoms with Crippen molar-refractivity contribution in [1.29, 1.82) is 0 Å². The lowest BCUT2D eigenvalue weighted by atomic mass is 10.1. The summed E-state index contributed by atoms with van der Waals surface area (Å²) in [6.07, 6.45) is 1.17. The van der Waals surface area contributed by atoms with Gasteiger partial charge in [-0.25, -0.2) is 4.39 Å². The Morgan fingerprint density at radius 1 is 1.42 bits per heavy atom. The highest BCUT2D eigenvalue weighted by molar-refractivity contribution is 5.85. The molecule has 104 valence electrons. The average Bonchev–Trinajstić information content (AvgIpc) is 2.76. The number of hydrogen-bond acceptors (Lipinski definition) is 4. The van der Waals surface area contributed by atoms with Crippen LogP contribution in [0.15, 0.2) is 28.8 Å². The predicted octanol–water partition coefficient (Wildman–Crippen LogP) is 2.37. The molecule has 2 rings (SSSR count). The highest BCUT2D eigenvalue weighted by Gasteiger charge is 2.10. The van der Waals surface area contributed by atoms with Crippen LogP contribution in [0.4, 0.5) is 4.39 Å². The summed E-state index contributed by atoms with van der Waals surface area (Å²) in [7, 11) is 1.89. The molecule has 0 aliphatic rings. The molecule has 19 heavy (non-hydrogen) atoms. The van der Waals surface area contributed by atoms with E-state index in [9.17, 15) is 4.39 Å². The lowest BCUT2D eigenvalue weighted by molar-refractivity contribution is 0.377. The zero-order valence-electron chi connectivity index (χ0n) is 10.9. The molecule has 0 saturated carbocycles. The second kappa shape index (κ2) is 7.21. The summed E-state index contributed by atoms with van der Waals surface area (Å²) in [6, 6.07) is 6.69. The van der Waals surface area contributed by atoms with Gasteiger partial charge in [0.1, 0.15) is 5.82 Å². The third-order valence-electron chi connectivity index (χ3n) is 2.74. The zero-order valence-corrected chi connectivity index (χ0v) is 11.7. The zero-order chi connectivity index (χ0) is 13.0. The second-order valence-electron chi connectivity index (χ2n) is 4.30. The van der Waals surface area contributed by atoms with Crippen molar-refractivity contribution in [3.8, 4) is 0 Å². The van der Waals surface area contributed by atoms with E-state index in [2.05, 4.69) is 15.5 Å². The summed E-state index contributed by atoms with van der Waals surface area (Å²) >= 11 is 0. The van der Waals surface area contributed by atoms with Crippen molar-refractivity contribution in [1.82, 2.24) is 15.5 Å². The van der Waals surface area contributed by atoms with E-state index in [-0.39, 0.29) is 18.2 Å². The van der Waals surface area contributed by atoms with Crippen LogP contribution in [0.2, 0.25) is 0 Å². The maximum absolute atomic E-state index is 13.0. The van der Waals surface area contributed by atoms with E-state index in [1.54, 1.807) is 6.07 Å². The number of nitrogens with one attached hydrogen (secondary N) is 1. The largest absolute Gasteiger partial charge is 0.339 e. The summed E-state index contributed by atoms with van der Waals surface area (Å²) in [5.41, 5.74) is 0.826. The summed E-state index contributed by atoms with van der Waals surface area (Å²) in [4.78, 5) is 4.28. The molecule has 0 radical (unpaired) electrons. The summed E-state index contributed by atoms with van der Waals surface area (Å²) in [5.74, 6) is 0.929. The number of halogens is 2. The highest BCUT2D eigenvalue weighted by Crippen LogP contribution is 2.10.